The normalized spacial score (nSPS) is 15.0. The first-order valence-electron chi connectivity index (χ1n) is 7.67. The van der Waals surface area contributed by atoms with E-state index in [2.05, 4.69) is 5.32 Å². The molecule has 2 N–H and O–H groups in total. The van der Waals surface area contributed by atoms with Crippen molar-refractivity contribution in [2.24, 2.45) is 5.92 Å². The predicted octanol–water partition coefficient (Wildman–Crippen LogP) is 2.85. The Kier molecular flexibility index (Phi) is 6.03. The number of carbonyl (C=O) groups excluding carboxylic acids is 2. The van der Waals surface area contributed by atoms with E-state index >= 15 is 0 Å². The van der Waals surface area contributed by atoms with Crippen LogP contribution in [0.3, 0.4) is 0 Å². The van der Waals surface area contributed by atoms with E-state index in [0.29, 0.717) is 32.5 Å². The number of esters is 1. The van der Waals surface area contributed by atoms with Crippen molar-refractivity contribution >= 4 is 35.3 Å². The van der Waals surface area contributed by atoms with Crippen molar-refractivity contribution in [2.75, 3.05) is 25.0 Å². The van der Waals surface area contributed by atoms with E-state index in [1.807, 2.05) is 0 Å². The third-order valence-corrected chi connectivity index (χ3v) is 4.09. The molecule has 1 saturated heterocycles. The summed E-state index contributed by atoms with van der Waals surface area (Å²) in [5.41, 5.74) is 0.113. The zero-order valence-electron chi connectivity index (χ0n) is 13.3. The number of nitrogens with one attached hydrogen (secondary N) is 1. The Bertz CT molecular complexity index is 641. The monoisotopic (exact) mass is 354 g/mol. The van der Waals surface area contributed by atoms with Crippen molar-refractivity contribution in [2.45, 2.75) is 19.8 Å². The first-order valence-corrected chi connectivity index (χ1v) is 8.05. The number of nitrogens with zero attached hydrogens (tertiary/aromatic N) is 1. The lowest BCUT2D eigenvalue weighted by Gasteiger charge is -2.31. The fraction of sp³-hybridized carbons (Fsp3) is 0.438. The lowest BCUT2D eigenvalue weighted by molar-refractivity contribution is -0.149. The molecule has 24 heavy (non-hydrogen) atoms. The highest BCUT2D eigenvalue weighted by atomic mass is 35.5. The van der Waals surface area contributed by atoms with Crippen LogP contribution < -0.4 is 5.32 Å². The summed E-state index contributed by atoms with van der Waals surface area (Å²) in [6.07, 6.45) is 1.05. The number of hydrogen-bond acceptors (Lipinski definition) is 4. The number of anilines is 1. The number of piperidine rings is 1. The lowest BCUT2D eigenvalue weighted by Crippen LogP contribution is -2.42. The molecule has 0 saturated carbocycles. The molecule has 0 unspecified atom stereocenters. The molecule has 2 amide bonds. The third-order valence-electron chi connectivity index (χ3n) is 3.86. The molecule has 0 aliphatic carbocycles. The van der Waals surface area contributed by atoms with Gasteiger partial charge in [-0.05, 0) is 38.0 Å². The second kappa shape index (κ2) is 8.01. The van der Waals surface area contributed by atoms with E-state index in [-0.39, 0.29) is 28.2 Å². The van der Waals surface area contributed by atoms with Crippen molar-refractivity contribution in [3.63, 3.8) is 0 Å². The molecule has 2 rings (SSSR count). The number of hydrogen-bond donors (Lipinski definition) is 2. The van der Waals surface area contributed by atoms with Gasteiger partial charge >= 0.3 is 18.0 Å². The second-order valence-electron chi connectivity index (χ2n) is 5.44. The molecule has 130 valence electrons. The summed E-state index contributed by atoms with van der Waals surface area (Å²) in [5.74, 6) is -1.60. The van der Waals surface area contributed by atoms with E-state index in [1.165, 1.54) is 18.2 Å². The molecule has 8 heteroatoms. The fourth-order valence-electron chi connectivity index (χ4n) is 2.58. The van der Waals surface area contributed by atoms with Crippen LogP contribution in [-0.4, -0.2) is 47.7 Å². The minimum atomic E-state index is -1.17. The number of urea groups is 1. The summed E-state index contributed by atoms with van der Waals surface area (Å²) < 4.78 is 4.99. The van der Waals surface area contributed by atoms with Crippen molar-refractivity contribution in [3.05, 3.63) is 28.8 Å². The van der Waals surface area contributed by atoms with Gasteiger partial charge < -0.3 is 20.1 Å². The van der Waals surface area contributed by atoms with Gasteiger partial charge in [-0.3, -0.25) is 4.79 Å². The quantitative estimate of drug-likeness (QED) is 0.810. The van der Waals surface area contributed by atoms with Crippen LogP contribution in [0.4, 0.5) is 10.5 Å². The molecule has 7 nitrogen and oxygen atoms in total. The summed E-state index contributed by atoms with van der Waals surface area (Å²) in [4.78, 5) is 36.8. The minimum absolute atomic E-state index is 0.0720. The van der Waals surface area contributed by atoms with E-state index in [1.54, 1.807) is 11.8 Å². The standard InChI is InChI=1S/C16H19ClN2O5/c1-2-24-15(22)10-5-7-19(8-6-10)16(23)18-13-4-3-11(17)9-12(13)14(20)21/h3-4,9-10H,2,5-8H2,1H3,(H,18,23)(H,20,21). The number of aromatic carboxylic acids is 1. The highest BCUT2D eigenvalue weighted by Gasteiger charge is 2.28. The van der Waals surface area contributed by atoms with Crippen LogP contribution in [0.2, 0.25) is 5.02 Å². The number of carbonyl (C=O) groups is 3. The van der Waals surface area contributed by atoms with Gasteiger partial charge in [0.25, 0.3) is 0 Å². The summed E-state index contributed by atoms with van der Waals surface area (Å²) in [7, 11) is 0. The average Bonchev–Trinajstić information content (AvgIpc) is 2.56. The second-order valence-corrected chi connectivity index (χ2v) is 5.88. The molecule has 1 aliphatic heterocycles. The maximum Gasteiger partial charge on any atom is 0.337 e. The maximum atomic E-state index is 12.3. The Hall–Kier alpha value is -2.28. The highest BCUT2D eigenvalue weighted by molar-refractivity contribution is 6.31. The van der Waals surface area contributed by atoms with Crippen LogP contribution >= 0.6 is 11.6 Å². The first kappa shape index (κ1) is 18.1. The van der Waals surface area contributed by atoms with Crippen molar-refractivity contribution < 1.29 is 24.2 Å². The number of carboxylic acid groups (broad SMARTS) is 1. The Morgan fingerprint density at radius 1 is 1.33 bits per heavy atom. The van der Waals surface area contributed by atoms with Gasteiger partial charge in [0.1, 0.15) is 0 Å². The van der Waals surface area contributed by atoms with E-state index in [4.69, 9.17) is 16.3 Å². The largest absolute Gasteiger partial charge is 0.478 e. The molecule has 1 fully saturated rings. The Balaban J connectivity index is 1.97. The van der Waals surface area contributed by atoms with Gasteiger partial charge in [0.15, 0.2) is 0 Å². The van der Waals surface area contributed by atoms with Crippen LogP contribution in [0, 0.1) is 5.92 Å². The molecule has 0 radical (unpaired) electrons. The number of amides is 2. The highest BCUT2D eigenvalue weighted by Crippen LogP contribution is 2.23. The molecule has 1 aromatic rings. The third kappa shape index (κ3) is 4.38. The van der Waals surface area contributed by atoms with Gasteiger partial charge in [0.05, 0.1) is 23.8 Å². The number of halogens is 1. The van der Waals surface area contributed by atoms with E-state index < -0.39 is 12.0 Å². The van der Waals surface area contributed by atoms with E-state index in [9.17, 15) is 19.5 Å². The summed E-state index contributed by atoms with van der Waals surface area (Å²) >= 11 is 5.79. The van der Waals surface area contributed by atoms with Crippen LogP contribution in [0.5, 0.6) is 0 Å². The Morgan fingerprint density at radius 3 is 2.58 bits per heavy atom. The molecule has 1 aliphatic rings. The zero-order valence-corrected chi connectivity index (χ0v) is 14.0. The van der Waals surface area contributed by atoms with Crippen molar-refractivity contribution in [3.8, 4) is 0 Å². The number of benzene rings is 1. The van der Waals surface area contributed by atoms with Crippen molar-refractivity contribution in [1.82, 2.24) is 4.90 Å². The predicted molar refractivity (Wildman–Crippen MR) is 88.4 cm³/mol. The Morgan fingerprint density at radius 2 is 2.00 bits per heavy atom. The topological polar surface area (TPSA) is 95.9 Å². The summed E-state index contributed by atoms with van der Waals surface area (Å²) in [6.45, 7) is 2.91. The maximum absolute atomic E-state index is 12.3. The van der Waals surface area contributed by atoms with Gasteiger partial charge in [-0.2, -0.15) is 0 Å². The molecule has 1 aromatic carbocycles. The summed E-state index contributed by atoms with van der Waals surface area (Å²) in [6, 6.07) is 3.85. The molecule has 0 atom stereocenters. The molecule has 0 spiro atoms. The van der Waals surface area contributed by atoms with E-state index in [0.717, 1.165) is 0 Å². The van der Waals surface area contributed by atoms with Gasteiger partial charge in [0, 0.05) is 18.1 Å². The molecular formula is C16H19ClN2O5. The lowest BCUT2D eigenvalue weighted by atomic mass is 9.97. The molecule has 1 heterocycles. The SMILES string of the molecule is CCOC(=O)C1CCN(C(=O)Nc2ccc(Cl)cc2C(=O)O)CC1. The molecular weight excluding hydrogens is 336 g/mol. The van der Waals surface area contributed by atoms with Crippen LogP contribution in [0.1, 0.15) is 30.1 Å². The Labute approximate surface area is 144 Å². The number of rotatable bonds is 4. The number of likely N-dealkylation sites (tertiary alicyclic amines) is 1. The van der Waals surface area contributed by atoms with Crippen LogP contribution in [0.25, 0.3) is 0 Å². The van der Waals surface area contributed by atoms with Crippen LogP contribution in [0.15, 0.2) is 18.2 Å². The summed E-state index contributed by atoms with van der Waals surface area (Å²) in [5, 5.41) is 12.1. The molecule has 0 aromatic heterocycles. The average molecular weight is 355 g/mol. The minimum Gasteiger partial charge on any atom is -0.478 e. The number of ether oxygens (including phenoxy) is 1. The van der Waals surface area contributed by atoms with Gasteiger partial charge in [0.2, 0.25) is 0 Å². The van der Waals surface area contributed by atoms with Gasteiger partial charge in [-0.15, -0.1) is 0 Å². The van der Waals surface area contributed by atoms with Gasteiger partial charge in [-0.25, -0.2) is 9.59 Å². The zero-order chi connectivity index (χ0) is 17.7. The number of carboxylic acids is 1. The van der Waals surface area contributed by atoms with Crippen molar-refractivity contribution in [1.29, 1.82) is 0 Å². The van der Waals surface area contributed by atoms with Gasteiger partial charge in [-0.1, -0.05) is 11.6 Å². The smallest absolute Gasteiger partial charge is 0.337 e. The molecule has 0 bridgehead atoms. The first-order chi connectivity index (χ1) is 11.4. The fourth-order valence-corrected chi connectivity index (χ4v) is 2.75. The van der Waals surface area contributed by atoms with Crippen LogP contribution in [-0.2, 0) is 9.53 Å².